The van der Waals surface area contributed by atoms with E-state index in [0.29, 0.717) is 12.1 Å². The first-order valence-electron chi connectivity index (χ1n) is 5.68. The molecule has 0 saturated carbocycles. The maximum absolute atomic E-state index is 9.04. The van der Waals surface area contributed by atoms with E-state index in [4.69, 9.17) is 5.26 Å². The minimum Gasteiger partial charge on any atom is -0.377 e. The van der Waals surface area contributed by atoms with E-state index in [-0.39, 0.29) is 0 Å². The molecule has 92 valence electrons. The van der Waals surface area contributed by atoms with Crippen molar-refractivity contribution in [3.8, 4) is 6.07 Å². The lowest BCUT2D eigenvalue weighted by molar-refractivity contribution is 0.708. The van der Waals surface area contributed by atoms with Crippen molar-refractivity contribution in [2.75, 3.05) is 5.32 Å². The summed E-state index contributed by atoms with van der Waals surface area (Å²) in [5.41, 5.74) is 1.45. The van der Waals surface area contributed by atoms with Crippen molar-refractivity contribution in [1.29, 1.82) is 5.26 Å². The van der Waals surface area contributed by atoms with Crippen molar-refractivity contribution >= 4 is 21.6 Å². The van der Waals surface area contributed by atoms with Crippen LogP contribution in [-0.4, -0.2) is 9.55 Å². The van der Waals surface area contributed by atoms with Crippen LogP contribution in [0, 0.1) is 11.3 Å². The van der Waals surface area contributed by atoms with Crippen molar-refractivity contribution < 1.29 is 0 Å². The van der Waals surface area contributed by atoms with Crippen molar-refractivity contribution in [3.63, 3.8) is 0 Å². The van der Waals surface area contributed by atoms with Crippen LogP contribution in [0.4, 0.5) is 5.69 Å². The van der Waals surface area contributed by atoms with Gasteiger partial charge in [0.2, 0.25) is 0 Å². The number of imidazole rings is 1. The third-order valence-corrected chi connectivity index (χ3v) is 3.17. The third-order valence-electron chi connectivity index (χ3n) is 2.68. The van der Waals surface area contributed by atoms with Crippen LogP contribution in [0.1, 0.15) is 18.3 Å². The summed E-state index contributed by atoms with van der Waals surface area (Å²) in [7, 11) is 0. The lowest BCUT2D eigenvalue weighted by atomic mass is 10.2. The maximum atomic E-state index is 9.04. The van der Waals surface area contributed by atoms with Gasteiger partial charge in [-0.3, -0.25) is 0 Å². The Labute approximate surface area is 114 Å². The second-order valence-corrected chi connectivity index (χ2v) is 4.70. The maximum Gasteiger partial charge on any atom is 0.128 e. The molecule has 1 aromatic carbocycles. The molecule has 0 saturated heterocycles. The zero-order chi connectivity index (χ0) is 13.0. The number of aryl methyl sites for hydroxylation is 1. The Morgan fingerprint density at radius 2 is 2.33 bits per heavy atom. The first-order valence-corrected chi connectivity index (χ1v) is 6.47. The molecule has 0 spiro atoms. The van der Waals surface area contributed by atoms with E-state index in [2.05, 4.69) is 43.8 Å². The van der Waals surface area contributed by atoms with E-state index in [1.165, 1.54) is 0 Å². The lowest BCUT2D eigenvalue weighted by Crippen LogP contribution is -2.08. The van der Waals surface area contributed by atoms with Gasteiger partial charge in [0.05, 0.1) is 17.8 Å². The Bertz CT molecular complexity index is 583. The molecular weight excluding hydrogens is 292 g/mol. The Balaban J connectivity index is 2.15. The molecule has 0 unspecified atom stereocenters. The zero-order valence-electron chi connectivity index (χ0n) is 10.0. The van der Waals surface area contributed by atoms with Gasteiger partial charge in [-0.15, -0.1) is 0 Å². The van der Waals surface area contributed by atoms with Crippen molar-refractivity contribution in [2.45, 2.75) is 20.0 Å². The van der Waals surface area contributed by atoms with Crippen LogP contribution in [0.15, 0.2) is 35.1 Å². The molecule has 1 heterocycles. The number of hydrogen-bond donors (Lipinski definition) is 1. The van der Waals surface area contributed by atoms with Crippen LogP contribution in [0.25, 0.3) is 0 Å². The lowest BCUT2D eigenvalue weighted by Gasteiger charge is -2.09. The minimum atomic E-state index is 0.603. The molecule has 4 nitrogen and oxygen atoms in total. The third kappa shape index (κ3) is 2.71. The summed E-state index contributed by atoms with van der Waals surface area (Å²) in [4.78, 5) is 4.29. The Morgan fingerprint density at radius 3 is 3.06 bits per heavy atom. The summed E-state index contributed by atoms with van der Waals surface area (Å²) in [5.74, 6) is 0.960. The fourth-order valence-electron chi connectivity index (χ4n) is 1.73. The number of benzene rings is 1. The number of nitriles is 1. The molecule has 0 amide bonds. The van der Waals surface area contributed by atoms with Gasteiger partial charge in [0.15, 0.2) is 0 Å². The van der Waals surface area contributed by atoms with Gasteiger partial charge < -0.3 is 9.88 Å². The molecule has 0 aliphatic rings. The molecule has 0 fully saturated rings. The highest BCUT2D eigenvalue weighted by molar-refractivity contribution is 9.10. The quantitative estimate of drug-likeness (QED) is 0.944. The molecule has 0 aliphatic carbocycles. The van der Waals surface area contributed by atoms with Crippen LogP contribution in [0.5, 0.6) is 0 Å². The van der Waals surface area contributed by atoms with E-state index in [1.807, 2.05) is 18.3 Å². The Hall–Kier alpha value is -1.80. The average molecular weight is 305 g/mol. The fourth-order valence-corrected chi connectivity index (χ4v) is 2.09. The number of rotatable bonds is 4. The summed E-state index contributed by atoms with van der Waals surface area (Å²) in [6.45, 7) is 3.57. The molecule has 0 aliphatic heterocycles. The number of nitrogens with zero attached hydrogens (tertiary/aromatic N) is 3. The van der Waals surface area contributed by atoms with E-state index < -0.39 is 0 Å². The number of aromatic nitrogens is 2. The predicted molar refractivity (Wildman–Crippen MR) is 74.1 cm³/mol. The van der Waals surface area contributed by atoms with Crippen molar-refractivity contribution in [3.05, 3.63) is 46.5 Å². The standard InChI is InChI=1S/C13H13BrN4/c1-2-18-6-5-16-13(18)9-17-12-7-11(14)4-3-10(12)8-15/h3-7,17H,2,9H2,1H3. The summed E-state index contributed by atoms with van der Waals surface area (Å²) in [6, 6.07) is 7.72. The summed E-state index contributed by atoms with van der Waals surface area (Å²) in [6.07, 6.45) is 3.73. The normalized spacial score (nSPS) is 10.1. The van der Waals surface area contributed by atoms with Gasteiger partial charge in [-0.25, -0.2) is 4.98 Å². The first-order chi connectivity index (χ1) is 8.74. The summed E-state index contributed by atoms with van der Waals surface area (Å²) < 4.78 is 3.01. The Morgan fingerprint density at radius 1 is 1.50 bits per heavy atom. The van der Waals surface area contributed by atoms with E-state index in [9.17, 15) is 0 Å². The first kappa shape index (κ1) is 12.7. The van der Waals surface area contributed by atoms with Crippen molar-refractivity contribution in [1.82, 2.24) is 9.55 Å². The monoisotopic (exact) mass is 304 g/mol. The summed E-state index contributed by atoms with van der Waals surface area (Å²) >= 11 is 3.40. The molecule has 5 heteroatoms. The number of halogens is 1. The zero-order valence-corrected chi connectivity index (χ0v) is 11.6. The van der Waals surface area contributed by atoms with Crippen LogP contribution >= 0.6 is 15.9 Å². The van der Waals surface area contributed by atoms with Gasteiger partial charge in [0.25, 0.3) is 0 Å². The molecule has 0 atom stereocenters. The van der Waals surface area contributed by atoms with E-state index in [0.717, 1.165) is 22.5 Å². The molecule has 2 aromatic rings. The van der Waals surface area contributed by atoms with Gasteiger partial charge in [0, 0.05) is 23.4 Å². The van der Waals surface area contributed by atoms with Gasteiger partial charge in [0.1, 0.15) is 11.9 Å². The van der Waals surface area contributed by atoms with Crippen LogP contribution < -0.4 is 5.32 Å². The highest BCUT2D eigenvalue weighted by Gasteiger charge is 2.05. The SMILES string of the molecule is CCn1ccnc1CNc1cc(Br)ccc1C#N. The topological polar surface area (TPSA) is 53.6 Å². The second-order valence-electron chi connectivity index (χ2n) is 3.78. The highest BCUT2D eigenvalue weighted by atomic mass is 79.9. The molecular formula is C13H13BrN4. The predicted octanol–water partition coefficient (Wildman–Crippen LogP) is 3.15. The number of anilines is 1. The van der Waals surface area contributed by atoms with Gasteiger partial charge in [-0.2, -0.15) is 5.26 Å². The van der Waals surface area contributed by atoms with Crippen LogP contribution in [0.2, 0.25) is 0 Å². The van der Waals surface area contributed by atoms with Crippen LogP contribution in [0.3, 0.4) is 0 Å². The highest BCUT2D eigenvalue weighted by Crippen LogP contribution is 2.21. The van der Waals surface area contributed by atoms with E-state index in [1.54, 1.807) is 12.3 Å². The Kier molecular flexibility index (Phi) is 4.00. The van der Waals surface area contributed by atoms with Crippen LogP contribution in [-0.2, 0) is 13.1 Å². The molecule has 0 radical (unpaired) electrons. The van der Waals surface area contributed by atoms with Gasteiger partial charge in [-0.1, -0.05) is 15.9 Å². The number of hydrogen-bond acceptors (Lipinski definition) is 3. The van der Waals surface area contributed by atoms with Gasteiger partial charge >= 0.3 is 0 Å². The minimum absolute atomic E-state index is 0.603. The smallest absolute Gasteiger partial charge is 0.128 e. The molecule has 2 rings (SSSR count). The average Bonchev–Trinajstić information content (AvgIpc) is 2.84. The molecule has 18 heavy (non-hydrogen) atoms. The molecule has 0 bridgehead atoms. The molecule has 1 aromatic heterocycles. The van der Waals surface area contributed by atoms with Gasteiger partial charge in [-0.05, 0) is 25.1 Å². The second kappa shape index (κ2) is 5.69. The number of nitrogens with one attached hydrogen (secondary N) is 1. The van der Waals surface area contributed by atoms with Crippen molar-refractivity contribution in [2.24, 2.45) is 0 Å². The summed E-state index contributed by atoms with van der Waals surface area (Å²) in [5, 5.41) is 12.3. The molecule has 1 N–H and O–H groups in total. The largest absolute Gasteiger partial charge is 0.377 e. The fraction of sp³-hybridized carbons (Fsp3) is 0.231. The van der Waals surface area contributed by atoms with E-state index >= 15 is 0 Å².